The first kappa shape index (κ1) is 30.3. The van der Waals surface area contributed by atoms with E-state index in [0.29, 0.717) is 49.4 Å². The molecule has 0 spiro atoms. The Morgan fingerprint density at radius 2 is 1.98 bits per heavy atom. The molecule has 12 heteroatoms. The zero-order chi connectivity index (χ0) is 29.4. The van der Waals surface area contributed by atoms with Crippen molar-refractivity contribution in [3.05, 3.63) is 71.4 Å². The zero-order valence-corrected chi connectivity index (χ0v) is 25.0. The van der Waals surface area contributed by atoms with Crippen molar-refractivity contribution in [2.24, 2.45) is 0 Å². The van der Waals surface area contributed by atoms with Gasteiger partial charge in [0.05, 0.1) is 18.7 Å². The number of thiophene rings is 1. The first-order valence-corrected chi connectivity index (χ1v) is 16.7. The van der Waals surface area contributed by atoms with Crippen LogP contribution in [0.15, 0.2) is 60.9 Å². The minimum atomic E-state index is -3.60. The second-order valence-corrected chi connectivity index (χ2v) is 14.1. The van der Waals surface area contributed by atoms with E-state index in [4.69, 9.17) is 9.57 Å². The van der Waals surface area contributed by atoms with E-state index in [9.17, 15) is 18.0 Å². The summed E-state index contributed by atoms with van der Waals surface area (Å²) in [5, 5.41) is 6.02. The van der Waals surface area contributed by atoms with E-state index in [0.717, 1.165) is 28.8 Å². The Morgan fingerprint density at radius 1 is 1.07 bits per heavy atom. The van der Waals surface area contributed by atoms with Crippen LogP contribution in [0.25, 0.3) is 10.4 Å². The Balaban J connectivity index is 1.26. The number of rotatable bonds is 11. The number of hydrogen-bond donors (Lipinski definition) is 3. The van der Waals surface area contributed by atoms with Gasteiger partial charge in [0.1, 0.15) is 4.75 Å². The lowest BCUT2D eigenvalue weighted by Crippen LogP contribution is -2.45. The molecule has 1 aromatic carbocycles. The summed E-state index contributed by atoms with van der Waals surface area (Å²) in [7, 11) is -3.60. The van der Waals surface area contributed by atoms with Gasteiger partial charge < -0.3 is 15.4 Å². The number of hydroxylamine groups is 1. The van der Waals surface area contributed by atoms with Crippen LogP contribution in [0.2, 0.25) is 0 Å². The number of amides is 2. The Hall–Kier alpha value is -3.16. The smallest absolute Gasteiger partial charge is 0.245 e. The lowest BCUT2D eigenvalue weighted by atomic mass is 9.94. The molecule has 42 heavy (non-hydrogen) atoms. The highest BCUT2D eigenvalue weighted by Gasteiger charge is 2.49. The van der Waals surface area contributed by atoms with Gasteiger partial charge in [0.2, 0.25) is 11.8 Å². The second-order valence-electron chi connectivity index (χ2n) is 10.6. The molecule has 2 aliphatic rings. The molecule has 0 aliphatic carbocycles. The maximum atomic E-state index is 13.5. The van der Waals surface area contributed by atoms with E-state index in [2.05, 4.69) is 21.1 Å². The van der Waals surface area contributed by atoms with Crippen molar-refractivity contribution < 1.29 is 27.6 Å². The maximum Gasteiger partial charge on any atom is 0.245 e. The highest BCUT2D eigenvalue weighted by molar-refractivity contribution is 7.92. The number of carbonyl (C=O) groups is 2. The van der Waals surface area contributed by atoms with E-state index < -0.39 is 26.8 Å². The highest BCUT2D eigenvalue weighted by atomic mass is 32.2. The van der Waals surface area contributed by atoms with Crippen molar-refractivity contribution >= 4 is 38.7 Å². The number of aromatic nitrogens is 1. The monoisotopic (exact) mass is 612 g/mol. The first-order valence-electron chi connectivity index (χ1n) is 14.2. The van der Waals surface area contributed by atoms with Gasteiger partial charge in [0.25, 0.3) is 0 Å². The Kier molecular flexibility index (Phi) is 10.0. The van der Waals surface area contributed by atoms with Crippen LogP contribution >= 0.6 is 11.3 Å². The predicted molar refractivity (Wildman–Crippen MR) is 161 cm³/mol. The molecule has 2 aliphatic heterocycles. The van der Waals surface area contributed by atoms with Gasteiger partial charge in [-0.05, 0) is 67.1 Å². The average Bonchev–Trinajstić information content (AvgIpc) is 3.49. The summed E-state index contributed by atoms with van der Waals surface area (Å²) in [6, 6.07) is 14.9. The molecule has 2 aromatic heterocycles. The van der Waals surface area contributed by atoms with Gasteiger partial charge in [-0.2, -0.15) is 0 Å². The molecule has 2 saturated heterocycles. The maximum absolute atomic E-state index is 13.5. The molecule has 1 unspecified atom stereocenters. The van der Waals surface area contributed by atoms with Crippen LogP contribution in [0.1, 0.15) is 55.4 Å². The molecule has 2 amide bonds. The largest absolute Gasteiger partial charge is 0.350 e. The number of nitrogens with one attached hydrogen (secondary N) is 3. The Labute approximate surface area is 250 Å². The van der Waals surface area contributed by atoms with E-state index in [1.807, 2.05) is 48.5 Å². The van der Waals surface area contributed by atoms with Gasteiger partial charge >= 0.3 is 0 Å². The van der Waals surface area contributed by atoms with Gasteiger partial charge in [-0.3, -0.25) is 14.6 Å². The van der Waals surface area contributed by atoms with Gasteiger partial charge in [-0.1, -0.05) is 24.6 Å². The molecular formula is C30H36N4O6S2. The van der Waals surface area contributed by atoms with Crippen LogP contribution in [0.5, 0.6) is 0 Å². The molecule has 0 bridgehead atoms. The van der Waals surface area contributed by atoms with Crippen molar-refractivity contribution in [2.45, 2.75) is 62.5 Å². The van der Waals surface area contributed by atoms with Crippen molar-refractivity contribution in [1.82, 2.24) is 15.8 Å². The Morgan fingerprint density at radius 3 is 2.76 bits per heavy atom. The first-order chi connectivity index (χ1) is 20.3. The molecule has 3 aromatic rings. The summed E-state index contributed by atoms with van der Waals surface area (Å²) < 4.78 is 31.3. The molecule has 0 saturated carbocycles. The van der Waals surface area contributed by atoms with Crippen LogP contribution in [-0.2, 0) is 40.3 Å². The minimum Gasteiger partial charge on any atom is -0.350 e. The molecule has 10 nitrogen and oxygen atoms in total. The summed E-state index contributed by atoms with van der Waals surface area (Å²) in [6.07, 6.45) is 6.96. The lowest BCUT2D eigenvalue weighted by Gasteiger charge is -2.35. The third kappa shape index (κ3) is 7.42. The van der Waals surface area contributed by atoms with E-state index in [-0.39, 0.29) is 24.6 Å². The Bertz CT molecular complexity index is 1470. The number of sulfone groups is 1. The van der Waals surface area contributed by atoms with Crippen molar-refractivity contribution in [2.75, 3.05) is 24.2 Å². The number of anilines is 1. The fraction of sp³-hybridized carbons (Fsp3) is 0.433. The fourth-order valence-corrected chi connectivity index (χ4v) is 9.14. The molecule has 4 heterocycles. The molecule has 2 atom stereocenters. The van der Waals surface area contributed by atoms with Gasteiger partial charge in [-0.15, -0.1) is 11.3 Å². The minimum absolute atomic E-state index is 0.0381. The third-order valence-corrected chi connectivity index (χ3v) is 11.6. The van der Waals surface area contributed by atoms with Crippen molar-refractivity contribution in [3.8, 4) is 10.4 Å². The standard InChI is InChI=1S/C30H36N4O6S2/c35-27(34-40-29-10-1-3-15-39-29)18-30(13-2-4-16-42(30,37)38)26-12-11-25(41-26)23-8-5-9-24(17-23)33-28(36)21-32-20-22-7-6-14-31-19-22/h5-9,11-12,14,17,19,29,32H,1-4,10,13,15-16,18,20-21H2,(H,33,36)(H,34,35)/t29?,30-/m0/s1. The summed E-state index contributed by atoms with van der Waals surface area (Å²) in [6.45, 7) is 1.24. The molecule has 0 radical (unpaired) electrons. The molecule has 3 N–H and O–H groups in total. The SMILES string of the molecule is O=C(C[C@]1(c2ccc(-c3cccc(NC(=O)CNCc4cccnc4)c3)s2)CCCCS1(=O)=O)NOC1CCCCO1. The van der Waals surface area contributed by atoms with E-state index in [1.165, 1.54) is 11.3 Å². The lowest BCUT2D eigenvalue weighted by molar-refractivity contribution is -0.200. The number of nitrogens with zero attached hydrogens (tertiary/aromatic N) is 1. The van der Waals surface area contributed by atoms with Crippen LogP contribution < -0.4 is 16.1 Å². The van der Waals surface area contributed by atoms with Crippen LogP contribution in [0.3, 0.4) is 0 Å². The van der Waals surface area contributed by atoms with Crippen LogP contribution in [0, 0.1) is 0 Å². The van der Waals surface area contributed by atoms with E-state index >= 15 is 0 Å². The van der Waals surface area contributed by atoms with Crippen molar-refractivity contribution in [1.29, 1.82) is 0 Å². The molecule has 224 valence electrons. The summed E-state index contributed by atoms with van der Waals surface area (Å²) in [5.41, 5.74) is 4.92. The number of pyridine rings is 1. The third-order valence-electron chi connectivity index (χ3n) is 7.55. The number of hydrogen-bond acceptors (Lipinski definition) is 9. The number of benzene rings is 1. The van der Waals surface area contributed by atoms with Crippen LogP contribution in [-0.4, -0.2) is 50.4 Å². The number of ether oxygens (including phenoxy) is 1. The topological polar surface area (TPSA) is 136 Å². The quantitative estimate of drug-likeness (QED) is 0.273. The highest BCUT2D eigenvalue weighted by Crippen LogP contribution is 2.47. The normalized spacial score (nSPS) is 21.9. The average molecular weight is 613 g/mol. The predicted octanol–water partition coefficient (Wildman–Crippen LogP) is 4.30. The molecule has 2 fully saturated rings. The molecular weight excluding hydrogens is 576 g/mol. The summed E-state index contributed by atoms with van der Waals surface area (Å²) in [4.78, 5) is 36.5. The zero-order valence-electron chi connectivity index (χ0n) is 23.3. The van der Waals surface area contributed by atoms with E-state index in [1.54, 1.807) is 12.4 Å². The molecule has 5 rings (SSSR count). The van der Waals surface area contributed by atoms with Crippen LogP contribution in [0.4, 0.5) is 5.69 Å². The fourth-order valence-electron chi connectivity index (χ4n) is 5.36. The summed E-state index contributed by atoms with van der Waals surface area (Å²) >= 11 is 1.37. The summed E-state index contributed by atoms with van der Waals surface area (Å²) in [5.74, 6) is -0.621. The van der Waals surface area contributed by atoms with Gasteiger partial charge in [-0.25, -0.2) is 18.7 Å². The number of carbonyl (C=O) groups excluding carboxylic acids is 2. The van der Waals surface area contributed by atoms with Crippen molar-refractivity contribution in [3.63, 3.8) is 0 Å². The second kappa shape index (κ2) is 13.9. The van der Waals surface area contributed by atoms with Gasteiger partial charge in [0.15, 0.2) is 16.1 Å². The van der Waals surface area contributed by atoms with Gasteiger partial charge in [0, 0.05) is 47.4 Å².